The average molecular weight is 471 g/mol. The fraction of sp³-hybridized carbons (Fsp3) is 0.304. The second-order valence-corrected chi connectivity index (χ2v) is 7.94. The molecule has 0 aromatic heterocycles. The summed E-state index contributed by atoms with van der Waals surface area (Å²) in [6.45, 7) is 2.15. The summed E-state index contributed by atoms with van der Waals surface area (Å²) in [5, 5.41) is 23.0. The van der Waals surface area contributed by atoms with Crippen molar-refractivity contribution < 1.29 is 36.6 Å². The van der Waals surface area contributed by atoms with Gasteiger partial charge in [0.1, 0.15) is 0 Å². The zero-order valence-electron chi connectivity index (χ0n) is 16.3. The van der Waals surface area contributed by atoms with Crippen LogP contribution in [0.4, 0.5) is 0 Å². The Morgan fingerprint density at radius 1 is 0.967 bits per heavy atom. The van der Waals surface area contributed by atoms with Crippen LogP contribution in [0.1, 0.15) is 24.0 Å². The minimum absolute atomic E-state index is 0. The topological polar surface area (TPSA) is 83.5 Å². The first kappa shape index (κ1) is 24.1. The predicted molar refractivity (Wildman–Crippen MR) is 107 cm³/mol. The summed E-state index contributed by atoms with van der Waals surface area (Å²) < 4.78 is 0. The van der Waals surface area contributed by atoms with Gasteiger partial charge in [-0.1, -0.05) is 59.8 Å². The third-order valence-corrected chi connectivity index (χ3v) is 5.76. The molecule has 0 spiro atoms. The summed E-state index contributed by atoms with van der Waals surface area (Å²) in [6, 6.07) is 17.3. The molecule has 1 aliphatic heterocycles. The molecule has 2 aromatic carbocycles. The zero-order chi connectivity index (χ0) is 20.9. The molecular weight excluding hydrogens is 449 g/mol. The van der Waals surface area contributed by atoms with E-state index in [2.05, 4.69) is 17.0 Å². The van der Waals surface area contributed by atoms with Crippen LogP contribution in [0.2, 0.25) is 5.02 Å². The summed E-state index contributed by atoms with van der Waals surface area (Å²) >= 11 is 5.95. The fourth-order valence-electron chi connectivity index (χ4n) is 3.82. The fourth-order valence-corrected chi connectivity index (χ4v) is 3.94. The quantitative estimate of drug-likeness (QED) is 0.454. The molecule has 3 rings (SSSR count). The molecule has 1 heterocycles. The molecule has 0 saturated carbocycles. The van der Waals surface area contributed by atoms with E-state index in [1.54, 1.807) is 12.1 Å². The van der Waals surface area contributed by atoms with Gasteiger partial charge in [0, 0.05) is 17.0 Å². The summed E-state index contributed by atoms with van der Waals surface area (Å²) in [4.78, 5) is 26.0. The van der Waals surface area contributed by atoms with E-state index < -0.39 is 22.9 Å². The summed E-state index contributed by atoms with van der Waals surface area (Å²) in [7, 11) is 0. The maximum Gasteiger partial charge on any atom is 2.00 e. The number of benzene rings is 2. The Labute approximate surface area is 191 Å². The van der Waals surface area contributed by atoms with Crippen molar-refractivity contribution in [2.45, 2.75) is 25.8 Å². The number of carboxylic acid groups (broad SMARTS) is 1. The maximum absolute atomic E-state index is 13.0. The van der Waals surface area contributed by atoms with E-state index in [-0.39, 0.29) is 16.8 Å². The Morgan fingerprint density at radius 2 is 1.57 bits per heavy atom. The molecule has 0 bridgehead atoms. The summed E-state index contributed by atoms with van der Waals surface area (Å²) in [6.07, 6.45) is 2.20. The zero-order valence-corrected chi connectivity index (χ0v) is 18.1. The molecule has 1 aliphatic rings. The number of carbonyl (C=O) groups is 2. The van der Waals surface area contributed by atoms with Gasteiger partial charge in [-0.3, -0.25) is 9.69 Å². The van der Waals surface area contributed by atoms with Crippen LogP contribution < -0.4 is 10.2 Å². The van der Waals surface area contributed by atoms with Crippen LogP contribution in [0, 0.1) is 5.41 Å². The number of rotatable bonds is 7. The van der Waals surface area contributed by atoms with Gasteiger partial charge in [-0.2, -0.15) is 0 Å². The summed E-state index contributed by atoms with van der Waals surface area (Å²) in [5.74, 6) is -3.58. The molecule has 0 amide bonds. The predicted octanol–water partition coefficient (Wildman–Crippen LogP) is 1.73. The molecule has 0 unspecified atom stereocenters. The minimum Gasteiger partial charge on any atom is -0.871 e. The standard InChI is InChI=1S/C23H24ClNO4.Co/c24-19-8-6-17(7-9-19)15-23(21(27)14-20(26)22(28)29)10-12-25(13-11-23)16-18-4-2-1-3-5-18;/h1-9,14,26H,10-13,15-16H2,(H,28,29);/q;+2/p-2/b20-14-;. The average Bonchev–Trinajstić information content (AvgIpc) is 2.72. The molecule has 159 valence electrons. The second kappa shape index (κ2) is 10.8. The van der Waals surface area contributed by atoms with E-state index >= 15 is 0 Å². The van der Waals surface area contributed by atoms with Crippen molar-refractivity contribution in [1.29, 1.82) is 0 Å². The molecule has 0 N–H and O–H groups in total. The van der Waals surface area contributed by atoms with E-state index in [0.717, 1.165) is 12.1 Å². The van der Waals surface area contributed by atoms with Gasteiger partial charge in [0.2, 0.25) is 0 Å². The first-order chi connectivity index (χ1) is 13.9. The summed E-state index contributed by atoms with van der Waals surface area (Å²) in [5.41, 5.74) is 1.31. The van der Waals surface area contributed by atoms with Crippen molar-refractivity contribution in [3.63, 3.8) is 0 Å². The third-order valence-electron chi connectivity index (χ3n) is 5.50. The number of allylic oxidation sites excluding steroid dienone is 1. The minimum atomic E-state index is -1.86. The first-order valence-corrected chi connectivity index (χ1v) is 9.91. The van der Waals surface area contributed by atoms with E-state index in [1.165, 1.54) is 5.56 Å². The van der Waals surface area contributed by atoms with Gasteiger partial charge in [-0.15, -0.1) is 0 Å². The molecule has 7 heteroatoms. The van der Waals surface area contributed by atoms with E-state index in [4.69, 9.17) is 11.6 Å². The second-order valence-electron chi connectivity index (χ2n) is 7.51. The van der Waals surface area contributed by atoms with Gasteiger partial charge >= 0.3 is 16.8 Å². The van der Waals surface area contributed by atoms with Gasteiger partial charge in [0.25, 0.3) is 0 Å². The van der Waals surface area contributed by atoms with Gasteiger partial charge in [-0.25, -0.2) is 0 Å². The van der Waals surface area contributed by atoms with Gasteiger partial charge in [0.15, 0.2) is 5.78 Å². The van der Waals surface area contributed by atoms with Crippen LogP contribution in [0.5, 0.6) is 0 Å². The van der Waals surface area contributed by atoms with Crippen LogP contribution in [0.15, 0.2) is 66.4 Å². The number of likely N-dealkylation sites (tertiary alicyclic amines) is 1. The van der Waals surface area contributed by atoms with Gasteiger partial charge in [-0.05, 0) is 61.7 Å². The molecule has 1 saturated heterocycles. The van der Waals surface area contributed by atoms with E-state index in [9.17, 15) is 19.8 Å². The number of carboxylic acids is 1. The van der Waals surface area contributed by atoms with Crippen LogP contribution >= 0.6 is 11.6 Å². The Balaban J connectivity index is 0.00000320. The van der Waals surface area contributed by atoms with E-state index in [0.29, 0.717) is 43.5 Å². The normalized spacial score (nSPS) is 16.5. The number of hydrogen-bond acceptors (Lipinski definition) is 5. The molecule has 2 aromatic rings. The number of ketones is 1. The molecule has 0 aliphatic carbocycles. The smallest absolute Gasteiger partial charge is 0.871 e. The van der Waals surface area contributed by atoms with Crippen LogP contribution in [-0.4, -0.2) is 29.7 Å². The monoisotopic (exact) mass is 470 g/mol. The van der Waals surface area contributed by atoms with Gasteiger partial charge < -0.3 is 15.0 Å². The van der Waals surface area contributed by atoms with Crippen molar-refractivity contribution >= 4 is 23.4 Å². The van der Waals surface area contributed by atoms with Crippen LogP contribution in [0.3, 0.4) is 0 Å². The van der Waals surface area contributed by atoms with E-state index in [1.807, 2.05) is 30.3 Å². The first-order valence-electron chi connectivity index (χ1n) is 9.53. The molecular formula is C23H22ClCoNO4. The van der Waals surface area contributed by atoms with Crippen LogP contribution in [-0.2, 0) is 39.3 Å². The Morgan fingerprint density at radius 3 is 2.13 bits per heavy atom. The maximum atomic E-state index is 13.0. The largest absolute Gasteiger partial charge is 2.00 e. The van der Waals surface area contributed by atoms with Crippen molar-refractivity contribution in [2.75, 3.05) is 13.1 Å². The van der Waals surface area contributed by atoms with Crippen molar-refractivity contribution in [3.8, 4) is 0 Å². The molecule has 30 heavy (non-hydrogen) atoms. The number of piperidine rings is 1. The molecule has 0 atom stereocenters. The number of nitrogens with zero attached hydrogens (tertiary/aromatic N) is 1. The third kappa shape index (κ3) is 6.19. The number of hydrogen-bond donors (Lipinski definition) is 0. The number of aliphatic carboxylic acids is 1. The number of halogens is 1. The molecule has 1 radical (unpaired) electrons. The van der Waals surface area contributed by atoms with Gasteiger partial charge in [0.05, 0.1) is 5.97 Å². The SMILES string of the molecule is O=C([O-])/C([O-])=C/C(=O)C1(Cc2ccc(Cl)cc2)CCN(Cc2ccccc2)CC1.[Co+2]. The van der Waals surface area contributed by atoms with Crippen molar-refractivity contribution in [1.82, 2.24) is 4.90 Å². The Kier molecular flexibility index (Phi) is 8.67. The van der Waals surface area contributed by atoms with Crippen molar-refractivity contribution in [3.05, 3.63) is 82.6 Å². The Bertz CT molecular complexity index is 891. The Hall–Kier alpha value is -2.12. The molecule has 5 nitrogen and oxygen atoms in total. The number of carbonyl (C=O) groups excluding carboxylic acids is 2. The van der Waals surface area contributed by atoms with Crippen molar-refractivity contribution in [2.24, 2.45) is 5.41 Å². The molecule has 1 fully saturated rings. The van der Waals surface area contributed by atoms with Crippen LogP contribution in [0.25, 0.3) is 0 Å².